The van der Waals surface area contributed by atoms with Gasteiger partial charge in [0.25, 0.3) is 0 Å². The van der Waals surface area contributed by atoms with Crippen molar-refractivity contribution in [2.45, 2.75) is 82.5 Å². The van der Waals surface area contributed by atoms with Crippen LogP contribution in [0.3, 0.4) is 0 Å². The van der Waals surface area contributed by atoms with Crippen LogP contribution >= 0.6 is 0 Å². The van der Waals surface area contributed by atoms with Gasteiger partial charge in [-0.25, -0.2) is 0 Å². The first-order chi connectivity index (χ1) is 12.4. The lowest BCUT2D eigenvalue weighted by atomic mass is 9.32. The molecule has 5 fully saturated rings. The molecule has 0 aromatic heterocycles. The second-order valence-corrected chi connectivity index (χ2v) is 11.3. The second-order valence-electron chi connectivity index (χ2n) is 11.3. The van der Waals surface area contributed by atoms with Crippen LogP contribution in [0.2, 0.25) is 0 Å². The molecule has 3 N–H and O–H groups in total. The normalized spacial score (nSPS) is 64.9. The maximum atomic E-state index is 12.0. The van der Waals surface area contributed by atoms with Gasteiger partial charge in [0.2, 0.25) is 0 Å². The smallest absolute Gasteiger partial charge is 0.0693 e. The molecule has 5 saturated carbocycles. The average molecular weight is 358 g/mol. The van der Waals surface area contributed by atoms with Gasteiger partial charge in [0, 0.05) is 17.4 Å². The van der Waals surface area contributed by atoms with Gasteiger partial charge in [-0.1, -0.05) is 25.5 Å². The minimum absolute atomic E-state index is 0.0394. The van der Waals surface area contributed by atoms with E-state index in [1.54, 1.807) is 0 Å². The molecule has 6 aliphatic rings. The van der Waals surface area contributed by atoms with Gasteiger partial charge in [-0.05, 0) is 87.0 Å². The molecule has 0 amide bonds. The quantitative estimate of drug-likeness (QED) is 0.632. The van der Waals surface area contributed by atoms with Gasteiger partial charge in [-0.15, -0.1) is 0 Å². The van der Waals surface area contributed by atoms with Crippen LogP contribution < -0.4 is 5.32 Å². The largest absolute Gasteiger partial charge is 0.392 e. The first-order valence-electron chi connectivity index (χ1n) is 11.1. The minimum atomic E-state index is -0.553. The van der Waals surface area contributed by atoms with E-state index in [1.165, 1.54) is 32.1 Å². The summed E-state index contributed by atoms with van der Waals surface area (Å²) in [5.41, 5.74) is -0.239. The molecule has 0 aromatic carbocycles. The van der Waals surface area contributed by atoms with Gasteiger partial charge in [-0.3, -0.25) is 0 Å². The van der Waals surface area contributed by atoms with Crippen molar-refractivity contribution in [2.75, 3.05) is 7.05 Å². The summed E-state index contributed by atoms with van der Waals surface area (Å²) in [6, 6.07) is 0.607. The fourth-order valence-electron chi connectivity index (χ4n) is 10.1. The Morgan fingerprint density at radius 1 is 1.08 bits per heavy atom. The van der Waals surface area contributed by atoms with Crippen LogP contribution in [0, 0.1) is 39.9 Å². The van der Waals surface area contributed by atoms with Crippen molar-refractivity contribution >= 4 is 0 Å². The third-order valence-corrected chi connectivity index (χ3v) is 10.7. The van der Waals surface area contributed by atoms with Crippen LogP contribution in [0.15, 0.2) is 12.2 Å². The molecule has 2 spiro atoms. The zero-order valence-electron chi connectivity index (χ0n) is 16.4. The van der Waals surface area contributed by atoms with Crippen LogP contribution in [-0.2, 0) is 0 Å². The topological polar surface area (TPSA) is 52.5 Å². The Labute approximate surface area is 157 Å². The van der Waals surface area contributed by atoms with Crippen molar-refractivity contribution in [3.8, 4) is 0 Å². The molecule has 144 valence electrons. The summed E-state index contributed by atoms with van der Waals surface area (Å²) in [4.78, 5) is 0. The summed E-state index contributed by atoms with van der Waals surface area (Å²) in [6.45, 7) is 2.36. The maximum absolute atomic E-state index is 12.0. The molecule has 3 nitrogen and oxygen atoms in total. The van der Waals surface area contributed by atoms with Gasteiger partial charge in [0.15, 0.2) is 0 Å². The predicted octanol–water partition coefficient (Wildman–Crippen LogP) is 3.26. The Balaban J connectivity index is 1.54. The molecule has 0 saturated heterocycles. The SMILES string of the molecule is CN[C@@H]1CC[C@@]23[C@@H](O)[C@@H]4C=C[C@H]5C[C@]4(C)C[C@](O)(C5)[C@@H]2C[C@@]32CCC[C@@H]12. The molecular weight excluding hydrogens is 322 g/mol. The first kappa shape index (κ1) is 16.6. The van der Waals surface area contributed by atoms with E-state index in [4.69, 9.17) is 0 Å². The summed E-state index contributed by atoms with van der Waals surface area (Å²) in [5.74, 6) is 1.76. The average Bonchev–Trinajstić information content (AvgIpc) is 3.01. The molecule has 0 unspecified atom stereocenters. The van der Waals surface area contributed by atoms with Gasteiger partial charge in [0.05, 0.1) is 11.7 Å². The van der Waals surface area contributed by atoms with Gasteiger partial charge in [-0.2, -0.15) is 0 Å². The molecule has 0 heterocycles. The Morgan fingerprint density at radius 2 is 1.92 bits per heavy atom. The minimum Gasteiger partial charge on any atom is -0.392 e. The first-order valence-corrected chi connectivity index (χ1v) is 11.1. The molecule has 0 aliphatic heterocycles. The number of rotatable bonds is 1. The van der Waals surface area contributed by atoms with Crippen LogP contribution in [0.4, 0.5) is 0 Å². The van der Waals surface area contributed by atoms with E-state index in [2.05, 4.69) is 31.4 Å². The van der Waals surface area contributed by atoms with Gasteiger partial charge in [0.1, 0.15) is 0 Å². The molecule has 10 atom stereocenters. The van der Waals surface area contributed by atoms with Crippen molar-refractivity contribution in [3.05, 3.63) is 12.2 Å². The highest BCUT2D eigenvalue weighted by Crippen LogP contribution is 2.81. The lowest BCUT2D eigenvalue weighted by Gasteiger charge is -2.73. The highest BCUT2D eigenvalue weighted by Gasteiger charge is 2.80. The maximum Gasteiger partial charge on any atom is 0.0693 e. The lowest BCUT2D eigenvalue weighted by molar-refractivity contribution is -0.296. The lowest BCUT2D eigenvalue weighted by Crippen LogP contribution is -2.74. The summed E-state index contributed by atoms with van der Waals surface area (Å²) in [6.07, 6.45) is 14.8. The number of aliphatic hydroxyl groups is 2. The standard InChI is InChI=1S/C23H35NO2/c1-20-10-14-5-6-16(20)19(25)23-9-7-17(24-2)15-4-3-8-21(15,23)12-18(23)22(26,11-14)13-20/h5-6,14-19,24-26H,3-4,7-13H2,1-2H3/t14-,15-,16-,17+,18-,19-,20+,21+,22+,23-/m0/s1. The van der Waals surface area contributed by atoms with Crippen molar-refractivity contribution in [1.82, 2.24) is 5.32 Å². The third-order valence-electron chi connectivity index (χ3n) is 10.7. The molecule has 0 aromatic rings. The van der Waals surface area contributed by atoms with Crippen LogP contribution in [0.5, 0.6) is 0 Å². The number of aliphatic hydroxyl groups excluding tert-OH is 1. The van der Waals surface area contributed by atoms with Gasteiger partial charge >= 0.3 is 0 Å². The number of hydrogen-bond acceptors (Lipinski definition) is 3. The molecular formula is C23H35NO2. The van der Waals surface area contributed by atoms with Crippen LogP contribution in [-0.4, -0.2) is 35.0 Å². The van der Waals surface area contributed by atoms with Crippen molar-refractivity contribution in [2.24, 2.45) is 39.9 Å². The predicted molar refractivity (Wildman–Crippen MR) is 101 cm³/mol. The van der Waals surface area contributed by atoms with E-state index in [0.717, 1.165) is 25.7 Å². The van der Waals surface area contributed by atoms with E-state index in [0.29, 0.717) is 23.8 Å². The molecule has 3 heteroatoms. The number of nitrogens with one attached hydrogen (secondary N) is 1. The summed E-state index contributed by atoms with van der Waals surface area (Å²) in [5, 5.41) is 27.6. The van der Waals surface area contributed by atoms with E-state index < -0.39 is 5.60 Å². The number of hydrogen-bond donors (Lipinski definition) is 3. The molecule has 26 heavy (non-hydrogen) atoms. The monoisotopic (exact) mass is 357 g/mol. The Bertz CT molecular complexity index is 677. The number of fused-ring (bicyclic) bond motifs is 3. The van der Waals surface area contributed by atoms with Crippen molar-refractivity contribution in [3.63, 3.8) is 0 Å². The van der Waals surface area contributed by atoms with Crippen molar-refractivity contribution < 1.29 is 10.2 Å². The third kappa shape index (κ3) is 1.57. The highest BCUT2D eigenvalue weighted by atomic mass is 16.3. The van der Waals surface area contributed by atoms with E-state index in [1.807, 2.05) is 0 Å². The van der Waals surface area contributed by atoms with E-state index >= 15 is 0 Å². The zero-order chi connectivity index (χ0) is 17.9. The van der Waals surface area contributed by atoms with Crippen LogP contribution in [0.1, 0.15) is 64.7 Å². The molecule has 0 radical (unpaired) electrons. The second kappa shape index (κ2) is 4.78. The molecule has 3 bridgehead atoms. The van der Waals surface area contributed by atoms with Crippen molar-refractivity contribution in [1.29, 1.82) is 0 Å². The summed E-state index contributed by atoms with van der Waals surface area (Å²) >= 11 is 0. The Morgan fingerprint density at radius 3 is 2.73 bits per heavy atom. The summed E-state index contributed by atoms with van der Waals surface area (Å²) in [7, 11) is 2.13. The molecule has 6 rings (SSSR count). The highest BCUT2D eigenvalue weighted by molar-refractivity contribution is 5.32. The fraction of sp³-hybridized carbons (Fsp3) is 0.913. The Kier molecular flexibility index (Phi) is 3.04. The van der Waals surface area contributed by atoms with Crippen LogP contribution in [0.25, 0.3) is 0 Å². The zero-order valence-corrected chi connectivity index (χ0v) is 16.4. The Hall–Kier alpha value is -0.380. The van der Waals surface area contributed by atoms with E-state index in [-0.39, 0.29) is 28.3 Å². The summed E-state index contributed by atoms with van der Waals surface area (Å²) < 4.78 is 0. The van der Waals surface area contributed by atoms with E-state index in [9.17, 15) is 10.2 Å². The molecule has 6 aliphatic carbocycles. The fourth-order valence-corrected chi connectivity index (χ4v) is 10.1. The number of allylic oxidation sites excluding steroid dienone is 1. The van der Waals surface area contributed by atoms with Gasteiger partial charge < -0.3 is 15.5 Å².